The molecular weight excluding hydrogens is 749 g/mol. The Morgan fingerprint density at radius 2 is 1.19 bits per heavy atom. The molecular formula is C37H42N11NaO8. The summed E-state index contributed by atoms with van der Waals surface area (Å²) in [6, 6.07) is 7.75. The molecule has 0 bridgehead atoms. The van der Waals surface area contributed by atoms with Crippen LogP contribution in [0.4, 0.5) is 5.82 Å². The molecule has 0 saturated heterocycles. The molecule has 0 fully saturated rings. The fourth-order valence-electron chi connectivity index (χ4n) is 8.33. The van der Waals surface area contributed by atoms with E-state index < -0.39 is 72.6 Å². The first kappa shape index (κ1) is 41.6. The molecule has 0 aliphatic carbocycles. The van der Waals surface area contributed by atoms with Crippen molar-refractivity contribution in [2.75, 3.05) is 39.3 Å². The molecule has 7 heterocycles. The molecule has 0 unspecified atom stereocenters. The summed E-state index contributed by atoms with van der Waals surface area (Å²) in [6.45, 7) is 9.14. The maximum atomic E-state index is 11.6. The Morgan fingerprint density at radius 3 is 1.60 bits per heavy atom. The van der Waals surface area contributed by atoms with Gasteiger partial charge < -0.3 is 39.6 Å². The molecule has 0 saturated carbocycles. The van der Waals surface area contributed by atoms with E-state index >= 15 is 0 Å². The molecule has 0 aromatic carbocycles. The van der Waals surface area contributed by atoms with Crippen molar-refractivity contribution in [3.05, 3.63) is 71.7 Å². The molecule has 0 amide bonds. The number of hydrogen-bond donors (Lipinski definition) is 0. The molecule has 4 aliphatic heterocycles. The first-order valence-corrected chi connectivity index (χ1v) is 18.0. The second kappa shape index (κ2) is 14.7. The van der Waals surface area contributed by atoms with Crippen LogP contribution in [0.3, 0.4) is 0 Å². The van der Waals surface area contributed by atoms with Crippen molar-refractivity contribution < 1.29 is 83.1 Å². The number of carbonyl (C=O) groups excluding carboxylic acids is 4. The third-order valence-electron chi connectivity index (χ3n) is 10.6. The smallest absolute Gasteiger partial charge is 0.549 e. The second-order valence-electron chi connectivity index (χ2n) is 16.3. The number of carboxylic acids is 4. The van der Waals surface area contributed by atoms with E-state index in [1.165, 1.54) is 9.80 Å². The van der Waals surface area contributed by atoms with Crippen LogP contribution in [0, 0.1) is 0 Å². The van der Waals surface area contributed by atoms with E-state index in [9.17, 15) is 39.6 Å². The van der Waals surface area contributed by atoms with Gasteiger partial charge >= 0.3 is 53.1 Å². The first-order chi connectivity index (χ1) is 26.2. The number of aryl methyl sites for hydroxylation is 1. The number of carbonyl (C=O) groups is 4. The minimum atomic E-state index is -1.43. The van der Waals surface area contributed by atoms with Crippen molar-refractivity contribution in [3.63, 3.8) is 0 Å². The summed E-state index contributed by atoms with van der Waals surface area (Å²) in [5.74, 6) is -3.55. The number of allylic oxidation sites excluding steroid dienone is 1. The minimum absolute atomic E-state index is 0. The van der Waals surface area contributed by atoms with Crippen LogP contribution < -0.4 is 63.9 Å². The molecule has 0 radical (unpaired) electrons. The molecule has 57 heavy (non-hydrogen) atoms. The summed E-state index contributed by atoms with van der Waals surface area (Å²) in [4.78, 5) is 66.0. The van der Waals surface area contributed by atoms with E-state index in [1.54, 1.807) is 0 Å². The topological polar surface area (TPSA) is 229 Å². The largest absolute Gasteiger partial charge is 1.00 e. The molecule has 0 atom stereocenters. The summed E-state index contributed by atoms with van der Waals surface area (Å²) in [6.07, 6.45) is 6.74. The molecule has 3 aromatic heterocycles. The monoisotopic (exact) mass is 791 g/mol. The summed E-state index contributed by atoms with van der Waals surface area (Å²) in [7, 11) is 1.94. The van der Waals surface area contributed by atoms with Gasteiger partial charge in [-0.3, -0.25) is 9.80 Å². The van der Waals surface area contributed by atoms with Crippen molar-refractivity contribution >= 4 is 47.3 Å². The zero-order valence-corrected chi connectivity index (χ0v) is 35.1. The van der Waals surface area contributed by atoms with Gasteiger partial charge in [-0.25, -0.2) is 4.57 Å². The van der Waals surface area contributed by atoms with Gasteiger partial charge in [0.25, 0.3) is 6.29 Å². The van der Waals surface area contributed by atoms with Gasteiger partial charge in [-0.05, 0) is 53.1 Å². The van der Waals surface area contributed by atoms with Gasteiger partial charge in [0.2, 0.25) is 0 Å². The maximum Gasteiger partial charge on any atom is 1.00 e. The van der Waals surface area contributed by atoms with E-state index in [1.807, 2.05) is 112 Å². The van der Waals surface area contributed by atoms with Crippen molar-refractivity contribution in [1.29, 1.82) is 0 Å². The summed E-state index contributed by atoms with van der Waals surface area (Å²) in [5, 5.41) is 46.5. The molecule has 20 heteroatoms. The zero-order valence-electron chi connectivity index (χ0n) is 33.1. The summed E-state index contributed by atoms with van der Waals surface area (Å²) in [5.41, 5.74) is 0.978. The SMILES string of the molecule is C[n+]1cccc2c1N=C(C=C1N=C3N4C(=N1)[n+]1ccc(C(C)(C)CN(CC(=O)[O-])CC(=O)[O-])n1C4n1c(C(C)(C)CN(CC(=O)[O-])CC(=O)[O-])cc[n+]13)C2(C)C.[Na+]. The number of nitrogens with zero attached hydrogens (tertiary/aromatic N) is 11. The number of carboxylic acid groups (broad SMARTS) is 4. The number of pyridine rings is 1. The Morgan fingerprint density at radius 1 is 0.754 bits per heavy atom. The summed E-state index contributed by atoms with van der Waals surface area (Å²) < 4.78 is 9.58. The number of aliphatic carboxylic acids is 4. The summed E-state index contributed by atoms with van der Waals surface area (Å²) >= 11 is 0. The van der Waals surface area contributed by atoms with Crippen LogP contribution in [-0.2, 0) is 42.5 Å². The third kappa shape index (κ3) is 7.33. The van der Waals surface area contributed by atoms with E-state index in [4.69, 9.17) is 15.0 Å². The van der Waals surface area contributed by atoms with E-state index in [0.29, 0.717) is 29.1 Å². The third-order valence-corrected chi connectivity index (χ3v) is 10.6. The number of rotatable bonds is 15. The van der Waals surface area contributed by atoms with Gasteiger partial charge in [0.05, 0.1) is 78.0 Å². The predicted octanol–water partition coefficient (Wildman–Crippen LogP) is -8.49. The quantitative estimate of drug-likeness (QED) is 0.104. The van der Waals surface area contributed by atoms with Crippen molar-refractivity contribution in [3.8, 4) is 0 Å². The normalized spacial score (nSPS) is 16.4. The molecule has 4 aliphatic rings. The van der Waals surface area contributed by atoms with Crippen LogP contribution in [-0.4, -0.2) is 105 Å². The van der Waals surface area contributed by atoms with Gasteiger partial charge in [0.1, 0.15) is 0 Å². The number of aromatic nitrogens is 5. The molecule has 19 nitrogen and oxygen atoms in total. The van der Waals surface area contributed by atoms with Crippen LogP contribution in [0.2, 0.25) is 0 Å². The van der Waals surface area contributed by atoms with Crippen LogP contribution in [0.5, 0.6) is 0 Å². The average molecular weight is 792 g/mol. The van der Waals surface area contributed by atoms with Crippen molar-refractivity contribution in [1.82, 2.24) is 24.1 Å². The van der Waals surface area contributed by atoms with Gasteiger partial charge in [0, 0.05) is 50.1 Å². The van der Waals surface area contributed by atoms with Gasteiger partial charge in [-0.15, -0.1) is 14.3 Å². The van der Waals surface area contributed by atoms with E-state index in [0.717, 1.165) is 17.1 Å². The first-order valence-electron chi connectivity index (χ1n) is 18.0. The Balaban J connectivity index is 0.00000549. The molecule has 0 N–H and O–H groups in total. The predicted molar refractivity (Wildman–Crippen MR) is 186 cm³/mol. The van der Waals surface area contributed by atoms with Crippen LogP contribution >= 0.6 is 0 Å². The van der Waals surface area contributed by atoms with Crippen LogP contribution in [0.25, 0.3) is 0 Å². The maximum absolute atomic E-state index is 11.6. The van der Waals surface area contributed by atoms with Gasteiger partial charge in [0.15, 0.2) is 5.71 Å². The van der Waals surface area contributed by atoms with Gasteiger partial charge in [-0.2, -0.15) is 9.36 Å². The Bertz CT molecular complexity index is 2190. The van der Waals surface area contributed by atoms with Gasteiger partial charge in [-0.1, -0.05) is 27.7 Å². The molecule has 3 aromatic rings. The second-order valence-corrected chi connectivity index (χ2v) is 16.3. The number of hydrogen-bond acceptors (Lipinski definition) is 14. The van der Waals surface area contributed by atoms with Crippen LogP contribution in [0.1, 0.15) is 64.8 Å². The fraction of sp³-hybridized carbons (Fsp3) is 0.459. The fourth-order valence-corrected chi connectivity index (χ4v) is 8.33. The van der Waals surface area contributed by atoms with Crippen molar-refractivity contribution in [2.24, 2.45) is 22.0 Å². The minimum Gasteiger partial charge on any atom is -0.549 e. The number of fused-ring (bicyclic) bond motifs is 7. The van der Waals surface area contributed by atoms with E-state index in [2.05, 4.69) is 13.8 Å². The molecule has 294 valence electrons. The van der Waals surface area contributed by atoms with Crippen molar-refractivity contribution in [2.45, 2.75) is 64.1 Å². The molecule has 7 rings (SSSR count). The standard InChI is InChI=1S/C37H43N11O8.Na/c1-35(2,20-42(16-27(49)50)17-28(51)52)24-10-13-44-32-39-26(15-23-37(5,6)22-9-8-12-41(7)31(22)38-23)40-33-45-14-11-25(48(45)34(46(32)33)47(24)44)36(3,4)21-43(18-29(53)54)19-30(55)56;/h8-15,34H,16-21H2,1-7H3,(H-3,49,50,51,52,53,54,55,56);/q;+1/p-1. The molecule has 0 spiro atoms. The number of aliphatic imine (C=N–C) groups is 3. The Kier molecular flexibility index (Phi) is 10.7. The van der Waals surface area contributed by atoms with E-state index in [-0.39, 0.29) is 42.6 Å². The Hall–Kier alpha value is -5.08. The average Bonchev–Trinajstić information content (AvgIpc) is 3.85. The van der Waals surface area contributed by atoms with Crippen LogP contribution in [0.15, 0.2) is 69.7 Å². The Labute approximate surface area is 350 Å². The zero-order chi connectivity index (χ0) is 40.6.